The lowest BCUT2D eigenvalue weighted by atomic mass is 10.2. The van der Waals surface area contributed by atoms with Crippen molar-refractivity contribution in [1.29, 1.82) is 0 Å². The van der Waals surface area contributed by atoms with Gasteiger partial charge in [0.2, 0.25) is 0 Å². The van der Waals surface area contributed by atoms with Crippen LogP contribution in [0.25, 0.3) is 0 Å². The number of hydrogen-bond donors (Lipinski definition) is 1. The van der Waals surface area contributed by atoms with Crippen LogP contribution in [0, 0.1) is 18.6 Å². The van der Waals surface area contributed by atoms with Gasteiger partial charge in [0.1, 0.15) is 17.4 Å². The number of anilines is 1. The Kier molecular flexibility index (Phi) is 7.55. The van der Waals surface area contributed by atoms with E-state index in [4.69, 9.17) is 21.1 Å². The van der Waals surface area contributed by atoms with E-state index < -0.39 is 30.1 Å². The van der Waals surface area contributed by atoms with E-state index in [1.165, 1.54) is 0 Å². The average Bonchev–Trinajstić information content (AvgIpc) is 2.61. The van der Waals surface area contributed by atoms with Gasteiger partial charge in [-0.25, -0.2) is 8.78 Å². The number of nitrogens with one attached hydrogen (secondary N) is 1. The second-order valence-electron chi connectivity index (χ2n) is 5.69. The number of halogens is 3. The van der Waals surface area contributed by atoms with Gasteiger partial charge < -0.3 is 14.8 Å². The predicted octanol–water partition coefficient (Wildman–Crippen LogP) is 4.27. The Morgan fingerprint density at radius 1 is 1.15 bits per heavy atom. The highest BCUT2D eigenvalue weighted by molar-refractivity contribution is 6.30. The third-order valence-electron chi connectivity index (χ3n) is 3.49. The summed E-state index contributed by atoms with van der Waals surface area (Å²) in [4.78, 5) is 23.3. The van der Waals surface area contributed by atoms with Gasteiger partial charge in [-0.3, -0.25) is 9.59 Å². The van der Waals surface area contributed by atoms with Gasteiger partial charge in [-0.15, -0.1) is 0 Å². The normalized spacial score (nSPS) is 10.4. The monoisotopic (exact) mass is 397 g/mol. The van der Waals surface area contributed by atoms with Gasteiger partial charge in [0.25, 0.3) is 5.91 Å². The fraction of sp³-hybridized carbons (Fsp3) is 0.263. The molecule has 0 aliphatic rings. The molecule has 0 heterocycles. The zero-order valence-electron chi connectivity index (χ0n) is 14.6. The van der Waals surface area contributed by atoms with Crippen molar-refractivity contribution in [1.82, 2.24) is 0 Å². The molecule has 1 N–H and O–H groups in total. The Hall–Kier alpha value is -2.67. The van der Waals surface area contributed by atoms with Crippen LogP contribution in [0.1, 0.15) is 18.4 Å². The van der Waals surface area contributed by atoms with Gasteiger partial charge in [-0.1, -0.05) is 11.6 Å². The molecular formula is C19H18ClF2NO4. The minimum absolute atomic E-state index is 0.0498. The average molecular weight is 398 g/mol. The number of carbonyl (C=O) groups excluding carboxylic acids is 2. The molecule has 0 saturated heterocycles. The Morgan fingerprint density at radius 2 is 1.93 bits per heavy atom. The molecule has 0 bridgehead atoms. The molecule has 0 fully saturated rings. The van der Waals surface area contributed by atoms with Crippen LogP contribution in [0.15, 0.2) is 36.4 Å². The molecule has 2 aromatic carbocycles. The topological polar surface area (TPSA) is 64.6 Å². The summed E-state index contributed by atoms with van der Waals surface area (Å²) in [5, 5.41) is 2.75. The van der Waals surface area contributed by atoms with E-state index in [1.54, 1.807) is 18.2 Å². The van der Waals surface area contributed by atoms with Crippen LogP contribution in [-0.2, 0) is 14.3 Å². The number of aryl methyl sites for hydroxylation is 1. The first-order valence-electron chi connectivity index (χ1n) is 8.14. The smallest absolute Gasteiger partial charge is 0.306 e. The summed E-state index contributed by atoms with van der Waals surface area (Å²) in [5.74, 6) is -2.17. The first kappa shape index (κ1) is 20.6. The second kappa shape index (κ2) is 9.87. The van der Waals surface area contributed by atoms with Crippen LogP contribution in [0.5, 0.6) is 5.75 Å². The molecule has 0 aromatic heterocycles. The highest BCUT2D eigenvalue weighted by atomic mass is 35.5. The molecule has 2 rings (SSSR count). The summed E-state index contributed by atoms with van der Waals surface area (Å²) >= 11 is 5.86. The van der Waals surface area contributed by atoms with Crippen LogP contribution in [0.2, 0.25) is 5.02 Å². The maximum absolute atomic E-state index is 13.4. The van der Waals surface area contributed by atoms with E-state index in [-0.39, 0.29) is 18.7 Å². The third kappa shape index (κ3) is 6.86. The van der Waals surface area contributed by atoms with Gasteiger partial charge in [-0.05, 0) is 49.2 Å². The quantitative estimate of drug-likeness (QED) is 0.533. The first-order valence-corrected chi connectivity index (χ1v) is 8.52. The molecule has 0 atom stereocenters. The SMILES string of the molecule is Cc1cc(Cl)ccc1OCCCC(=O)OCC(=O)Nc1cc(F)ccc1F. The molecule has 8 heteroatoms. The molecular weight excluding hydrogens is 380 g/mol. The summed E-state index contributed by atoms with van der Waals surface area (Å²) < 4.78 is 36.8. The molecule has 2 aromatic rings. The van der Waals surface area contributed by atoms with Gasteiger partial charge in [-0.2, -0.15) is 0 Å². The fourth-order valence-electron chi connectivity index (χ4n) is 2.17. The van der Waals surface area contributed by atoms with Crippen molar-refractivity contribution in [2.75, 3.05) is 18.5 Å². The lowest BCUT2D eigenvalue weighted by Gasteiger charge is -2.09. The summed E-state index contributed by atoms with van der Waals surface area (Å²) in [5.41, 5.74) is 0.564. The van der Waals surface area contributed by atoms with E-state index in [2.05, 4.69) is 5.32 Å². The number of rotatable bonds is 8. The van der Waals surface area contributed by atoms with Gasteiger partial charge in [0, 0.05) is 17.5 Å². The molecule has 0 spiro atoms. The molecule has 0 aliphatic carbocycles. The summed E-state index contributed by atoms with van der Waals surface area (Å²) in [6, 6.07) is 7.87. The molecule has 0 saturated carbocycles. The zero-order chi connectivity index (χ0) is 19.8. The van der Waals surface area contributed by atoms with Gasteiger partial charge in [0.15, 0.2) is 6.61 Å². The van der Waals surface area contributed by atoms with Gasteiger partial charge in [0.05, 0.1) is 12.3 Å². The molecule has 1 amide bonds. The van der Waals surface area contributed by atoms with Crippen LogP contribution in [0.4, 0.5) is 14.5 Å². The zero-order valence-corrected chi connectivity index (χ0v) is 15.3. The number of ether oxygens (including phenoxy) is 2. The molecule has 27 heavy (non-hydrogen) atoms. The van der Waals surface area contributed by atoms with Crippen molar-refractivity contribution in [3.63, 3.8) is 0 Å². The van der Waals surface area contributed by atoms with Crippen molar-refractivity contribution < 1.29 is 27.8 Å². The molecule has 5 nitrogen and oxygen atoms in total. The number of hydrogen-bond acceptors (Lipinski definition) is 4. The molecule has 144 valence electrons. The number of esters is 1. The van der Waals surface area contributed by atoms with E-state index in [0.29, 0.717) is 17.2 Å². The maximum Gasteiger partial charge on any atom is 0.306 e. The highest BCUT2D eigenvalue weighted by Crippen LogP contribution is 2.22. The van der Waals surface area contributed by atoms with Crippen LogP contribution < -0.4 is 10.1 Å². The fourth-order valence-corrected chi connectivity index (χ4v) is 2.40. The standard InChI is InChI=1S/C19H18ClF2NO4/c1-12-9-13(20)4-7-17(12)26-8-2-3-19(25)27-11-18(24)23-16-10-14(21)5-6-15(16)22/h4-7,9-10H,2-3,8,11H2,1H3,(H,23,24). The van der Waals surface area contributed by atoms with Crippen LogP contribution in [0.3, 0.4) is 0 Å². The van der Waals surface area contributed by atoms with Crippen LogP contribution in [-0.4, -0.2) is 25.1 Å². The maximum atomic E-state index is 13.4. The Balaban J connectivity index is 1.67. The minimum atomic E-state index is -0.786. The second-order valence-corrected chi connectivity index (χ2v) is 6.13. The number of carbonyl (C=O) groups is 2. The van der Waals surface area contributed by atoms with E-state index >= 15 is 0 Å². The lowest BCUT2D eigenvalue weighted by Crippen LogP contribution is -2.21. The summed E-state index contributed by atoms with van der Waals surface area (Å²) in [6.45, 7) is 1.56. The summed E-state index contributed by atoms with van der Waals surface area (Å²) in [7, 11) is 0. The van der Waals surface area contributed by atoms with Crippen molar-refractivity contribution >= 4 is 29.2 Å². The van der Waals surface area contributed by atoms with Crippen molar-refractivity contribution in [3.8, 4) is 5.75 Å². The number of benzene rings is 2. The van der Waals surface area contributed by atoms with E-state index in [0.717, 1.165) is 23.8 Å². The Bertz CT molecular complexity index is 829. The van der Waals surface area contributed by atoms with Crippen LogP contribution >= 0.6 is 11.6 Å². The predicted molar refractivity (Wildman–Crippen MR) is 96.9 cm³/mol. The molecule has 0 aliphatic heterocycles. The van der Waals surface area contributed by atoms with Crippen molar-refractivity contribution in [2.24, 2.45) is 0 Å². The Morgan fingerprint density at radius 3 is 2.67 bits per heavy atom. The highest BCUT2D eigenvalue weighted by Gasteiger charge is 2.11. The minimum Gasteiger partial charge on any atom is -0.493 e. The lowest BCUT2D eigenvalue weighted by molar-refractivity contribution is -0.147. The first-order chi connectivity index (χ1) is 12.8. The molecule has 0 radical (unpaired) electrons. The largest absolute Gasteiger partial charge is 0.493 e. The van der Waals surface area contributed by atoms with E-state index in [1.807, 2.05) is 6.92 Å². The van der Waals surface area contributed by atoms with Crippen molar-refractivity contribution in [3.05, 3.63) is 58.6 Å². The Labute approximate surface area is 160 Å². The van der Waals surface area contributed by atoms with Crippen molar-refractivity contribution in [2.45, 2.75) is 19.8 Å². The third-order valence-corrected chi connectivity index (χ3v) is 3.72. The summed E-state index contributed by atoms with van der Waals surface area (Å²) in [6.07, 6.45) is 0.440. The number of amides is 1. The van der Waals surface area contributed by atoms with Gasteiger partial charge >= 0.3 is 5.97 Å². The molecule has 0 unspecified atom stereocenters. The van der Waals surface area contributed by atoms with E-state index in [9.17, 15) is 18.4 Å².